The van der Waals surface area contributed by atoms with E-state index in [4.69, 9.17) is 21.6 Å². The van der Waals surface area contributed by atoms with E-state index >= 15 is 0 Å². The van der Waals surface area contributed by atoms with E-state index in [1.54, 1.807) is 10.9 Å². The Balaban J connectivity index is 1.73. The van der Waals surface area contributed by atoms with Gasteiger partial charge in [-0.05, 0) is 36.2 Å². The molecule has 0 spiro atoms. The van der Waals surface area contributed by atoms with Crippen LogP contribution in [0.5, 0.6) is 0 Å². The van der Waals surface area contributed by atoms with E-state index in [0.29, 0.717) is 28.1 Å². The summed E-state index contributed by atoms with van der Waals surface area (Å²) >= 11 is 5.99. The first-order valence-electron chi connectivity index (χ1n) is 10.5. The fourth-order valence-electron chi connectivity index (χ4n) is 3.97. The standard InChI is InChI=1S/C24H22ClN5O/c1-2-3-6-13-30-22-20(21-23(30)28-19-8-5-4-7-18(19)27-21)24(31)29(15-26-22)14-16-9-11-17(25)12-10-16/h4-5,7-12,15H,2-3,6,13-14H2,1H3. The quantitative estimate of drug-likeness (QED) is 0.347. The summed E-state index contributed by atoms with van der Waals surface area (Å²) in [6.07, 6.45) is 4.84. The van der Waals surface area contributed by atoms with Crippen LogP contribution in [-0.2, 0) is 13.1 Å². The van der Waals surface area contributed by atoms with Gasteiger partial charge in [-0.1, -0.05) is 55.6 Å². The van der Waals surface area contributed by atoms with Crippen molar-refractivity contribution in [2.24, 2.45) is 0 Å². The van der Waals surface area contributed by atoms with E-state index in [1.165, 1.54) is 0 Å². The number of halogens is 1. The molecule has 0 bridgehead atoms. The van der Waals surface area contributed by atoms with Gasteiger partial charge in [0, 0.05) is 11.6 Å². The molecule has 0 fully saturated rings. The van der Waals surface area contributed by atoms with Crippen molar-refractivity contribution in [1.29, 1.82) is 0 Å². The van der Waals surface area contributed by atoms with Gasteiger partial charge in [-0.2, -0.15) is 0 Å². The number of hydrogen-bond acceptors (Lipinski definition) is 4. The topological polar surface area (TPSA) is 65.6 Å². The summed E-state index contributed by atoms with van der Waals surface area (Å²) in [4.78, 5) is 27.9. The van der Waals surface area contributed by atoms with Crippen molar-refractivity contribution in [2.45, 2.75) is 39.3 Å². The predicted molar refractivity (Wildman–Crippen MR) is 125 cm³/mol. The van der Waals surface area contributed by atoms with Crippen LogP contribution in [0.3, 0.4) is 0 Å². The molecule has 7 heteroatoms. The Morgan fingerprint density at radius 2 is 1.68 bits per heavy atom. The molecule has 0 aliphatic carbocycles. The molecule has 2 aromatic carbocycles. The molecule has 0 amide bonds. The Bertz CT molecular complexity index is 1450. The maximum absolute atomic E-state index is 13.5. The average molecular weight is 432 g/mol. The smallest absolute Gasteiger partial charge is 0.265 e. The highest BCUT2D eigenvalue weighted by molar-refractivity contribution is 6.30. The molecular formula is C24H22ClN5O. The monoisotopic (exact) mass is 431 g/mol. The number of rotatable bonds is 6. The molecule has 31 heavy (non-hydrogen) atoms. The Kier molecular flexibility index (Phi) is 5.16. The van der Waals surface area contributed by atoms with Gasteiger partial charge in [0.2, 0.25) is 0 Å². The first-order chi connectivity index (χ1) is 15.2. The number of nitrogens with zero attached hydrogens (tertiary/aromatic N) is 5. The van der Waals surface area contributed by atoms with Crippen molar-refractivity contribution >= 4 is 44.8 Å². The molecule has 3 heterocycles. The van der Waals surface area contributed by atoms with Gasteiger partial charge in [0.15, 0.2) is 11.3 Å². The minimum atomic E-state index is -0.108. The van der Waals surface area contributed by atoms with Crippen molar-refractivity contribution in [2.75, 3.05) is 0 Å². The van der Waals surface area contributed by atoms with Crippen LogP contribution in [-0.4, -0.2) is 24.1 Å². The van der Waals surface area contributed by atoms with E-state index in [-0.39, 0.29) is 5.56 Å². The van der Waals surface area contributed by atoms with Gasteiger partial charge >= 0.3 is 0 Å². The van der Waals surface area contributed by atoms with Crippen LogP contribution in [0.4, 0.5) is 0 Å². The lowest BCUT2D eigenvalue weighted by Crippen LogP contribution is -2.21. The molecule has 0 N–H and O–H groups in total. The van der Waals surface area contributed by atoms with E-state index in [2.05, 4.69) is 11.9 Å². The number of aromatic nitrogens is 5. The summed E-state index contributed by atoms with van der Waals surface area (Å²) in [7, 11) is 0. The van der Waals surface area contributed by atoms with Gasteiger partial charge in [-0.15, -0.1) is 0 Å². The third kappa shape index (κ3) is 3.57. The zero-order valence-corrected chi connectivity index (χ0v) is 18.0. The zero-order valence-electron chi connectivity index (χ0n) is 17.3. The Labute approximate surface area is 184 Å². The van der Waals surface area contributed by atoms with E-state index in [1.807, 2.05) is 53.1 Å². The molecule has 0 aliphatic rings. The second-order valence-electron chi connectivity index (χ2n) is 7.75. The summed E-state index contributed by atoms with van der Waals surface area (Å²) in [5, 5.41) is 1.20. The average Bonchev–Trinajstić information content (AvgIpc) is 3.09. The lowest BCUT2D eigenvalue weighted by molar-refractivity contribution is 0.620. The second kappa shape index (κ2) is 8.12. The highest BCUT2D eigenvalue weighted by Crippen LogP contribution is 2.25. The SMILES string of the molecule is CCCCCn1c2nc3ccccc3nc2c2c(=O)n(Cc3ccc(Cl)cc3)cnc21. The zero-order chi connectivity index (χ0) is 21.4. The Morgan fingerprint density at radius 1 is 0.935 bits per heavy atom. The minimum Gasteiger partial charge on any atom is -0.308 e. The fourth-order valence-corrected chi connectivity index (χ4v) is 4.10. The molecule has 0 unspecified atom stereocenters. The minimum absolute atomic E-state index is 0.108. The normalized spacial score (nSPS) is 11.7. The molecule has 3 aromatic heterocycles. The summed E-state index contributed by atoms with van der Waals surface area (Å²) in [5.74, 6) is 0. The van der Waals surface area contributed by atoms with Crippen molar-refractivity contribution in [3.63, 3.8) is 0 Å². The first-order valence-corrected chi connectivity index (χ1v) is 10.9. The summed E-state index contributed by atoms with van der Waals surface area (Å²) < 4.78 is 3.67. The van der Waals surface area contributed by atoms with Gasteiger partial charge in [0.05, 0.1) is 17.6 Å². The van der Waals surface area contributed by atoms with Crippen molar-refractivity contribution in [1.82, 2.24) is 24.1 Å². The third-order valence-corrected chi connectivity index (χ3v) is 5.82. The largest absolute Gasteiger partial charge is 0.308 e. The molecule has 0 saturated heterocycles. The molecule has 0 aliphatic heterocycles. The Hall–Kier alpha value is -3.25. The summed E-state index contributed by atoms with van der Waals surface area (Å²) in [6.45, 7) is 3.35. The lowest BCUT2D eigenvalue weighted by Gasteiger charge is -2.07. The van der Waals surface area contributed by atoms with Crippen molar-refractivity contribution in [3.8, 4) is 0 Å². The number of unbranched alkanes of at least 4 members (excludes halogenated alkanes) is 2. The van der Waals surface area contributed by atoms with Gasteiger partial charge in [0.1, 0.15) is 17.2 Å². The summed E-state index contributed by atoms with van der Waals surface area (Å²) in [6, 6.07) is 15.2. The molecule has 5 rings (SSSR count). The predicted octanol–water partition coefficient (Wildman–Crippen LogP) is 5.19. The Morgan fingerprint density at radius 3 is 2.42 bits per heavy atom. The van der Waals surface area contributed by atoms with Crippen LogP contribution >= 0.6 is 11.6 Å². The van der Waals surface area contributed by atoms with Gasteiger partial charge in [-0.25, -0.2) is 15.0 Å². The summed E-state index contributed by atoms with van der Waals surface area (Å²) in [5.41, 5.74) is 4.45. The maximum Gasteiger partial charge on any atom is 0.265 e. The van der Waals surface area contributed by atoms with E-state index in [0.717, 1.165) is 48.1 Å². The molecule has 0 radical (unpaired) electrons. The van der Waals surface area contributed by atoms with Crippen molar-refractivity contribution in [3.05, 3.63) is 75.8 Å². The van der Waals surface area contributed by atoms with Crippen LogP contribution in [0, 0.1) is 0 Å². The lowest BCUT2D eigenvalue weighted by atomic mass is 10.2. The third-order valence-electron chi connectivity index (χ3n) is 5.57. The molecule has 0 atom stereocenters. The van der Waals surface area contributed by atoms with Crippen LogP contribution in [0.2, 0.25) is 5.02 Å². The number of hydrogen-bond donors (Lipinski definition) is 0. The number of fused-ring (bicyclic) bond motifs is 4. The molecule has 6 nitrogen and oxygen atoms in total. The van der Waals surface area contributed by atoms with Gasteiger partial charge in [0.25, 0.3) is 5.56 Å². The van der Waals surface area contributed by atoms with Crippen LogP contribution in [0.25, 0.3) is 33.2 Å². The van der Waals surface area contributed by atoms with Crippen LogP contribution in [0.1, 0.15) is 31.7 Å². The van der Waals surface area contributed by atoms with E-state index < -0.39 is 0 Å². The van der Waals surface area contributed by atoms with E-state index in [9.17, 15) is 4.79 Å². The van der Waals surface area contributed by atoms with Gasteiger partial charge < -0.3 is 4.57 Å². The highest BCUT2D eigenvalue weighted by atomic mass is 35.5. The number of para-hydroxylation sites is 2. The molecule has 5 aromatic rings. The number of benzene rings is 2. The first kappa shape index (κ1) is 19.7. The molecule has 0 saturated carbocycles. The van der Waals surface area contributed by atoms with Gasteiger partial charge in [-0.3, -0.25) is 9.36 Å². The van der Waals surface area contributed by atoms with Crippen LogP contribution in [0.15, 0.2) is 59.7 Å². The van der Waals surface area contributed by atoms with Crippen LogP contribution < -0.4 is 5.56 Å². The fraction of sp³-hybridized carbons (Fsp3) is 0.250. The second-order valence-corrected chi connectivity index (χ2v) is 8.18. The number of aryl methyl sites for hydroxylation is 1. The molecular weight excluding hydrogens is 410 g/mol. The maximum atomic E-state index is 13.5. The molecule has 156 valence electrons. The highest BCUT2D eigenvalue weighted by Gasteiger charge is 2.19. The van der Waals surface area contributed by atoms with Crippen molar-refractivity contribution < 1.29 is 0 Å².